The normalized spacial score (nSPS) is 24.9. The van der Waals surface area contributed by atoms with Gasteiger partial charge in [-0.1, -0.05) is 24.9 Å². The monoisotopic (exact) mass is 255 g/mol. The molecule has 1 aromatic carbocycles. The molecule has 3 heteroatoms. The van der Waals surface area contributed by atoms with Crippen LogP contribution in [0.2, 0.25) is 5.02 Å². The largest absolute Gasteiger partial charge is 0.316 e. The summed E-state index contributed by atoms with van der Waals surface area (Å²) >= 11 is 5.94. The molecule has 94 valence electrons. The molecule has 1 aliphatic heterocycles. The number of benzene rings is 1. The smallest absolute Gasteiger partial charge is 0.124 e. The van der Waals surface area contributed by atoms with Crippen LogP contribution in [0.4, 0.5) is 4.39 Å². The minimum absolute atomic E-state index is 0.221. The van der Waals surface area contributed by atoms with Crippen molar-refractivity contribution in [1.82, 2.24) is 5.32 Å². The van der Waals surface area contributed by atoms with Crippen molar-refractivity contribution in [3.05, 3.63) is 34.6 Å². The molecular formula is C14H19ClFN. The number of rotatable bonds is 3. The lowest BCUT2D eigenvalue weighted by atomic mass is 9.79. The number of hydrogen-bond acceptors (Lipinski definition) is 1. The van der Waals surface area contributed by atoms with Crippen LogP contribution in [-0.2, 0) is 0 Å². The van der Waals surface area contributed by atoms with Gasteiger partial charge in [0.05, 0.1) is 0 Å². The van der Waals surface area contributed by atoms with Gasteiger partial charge in [0.1, 0.15) is 5.82 Å². The molecule has 0 amide bonds. The summed E-state index contributed by atoms with van der Waals surface area (Å²) in [4.78, 5) is 0. The van der Waals surface area contributed by atoms with E-state index in [0.29, 0.717) is 16.9 Å². The highest BCUT2D eigenvalue weighted by Gasteiger charge is 2.26. The van der Waals surface area contributed by atoms with Gasteiger partial charge in [0.2, 0.25) is 0 Å². The Morgan fingerprint density at radius 2 is 2.24 bits per heavy atom. The average Bonchev–Trinajstić information content (AvgIpc) is 2.29. The summed E-state index contributed by atoms with van der Waals surface area (Å²) in [5.74, 6) is 0.831. The van der Waals surface area contributed by atoms with Crippen molar-refractivity contribution in [3.63, 3.8) is 0 Å². The average molecular weight is 256 g/mol. The van der Waals surface area contributed by atoms with Crippen LogP contribution >= 0.6 is 11.6 Å². The minimum atomic E-state index is -0.221. The quantitative estimate of drug-likeness (QED) is 0.862. The lowest BCUT2D eigenvalue weighted by Gasteiger charge is -2.32. The van der Waals surface area contributed by atoms with Gasteiger partial charge in [-0.25, -0.2) is 4.39 Å². The van der Waals surface area contributed by atoms with Crippen LogP contribution in [0.3, 0.4) is 0 Å². The Labute approximate surface area is 107 Å². The van der Waals surface area contributed by atoms with E-state index >= 15 is 0 Å². The van der Waals surface area contributed by atoms with Crippen LogP contribution in [0.5, 0.6) is 0 Å². The van der Waals surface area contributed by atoms with Gasteiger partial charge in [-0.15, -0.1) is 0 Å². The number of hydrogen-bond donors (Lipinski definition) is 1. The van der Waals surface area contributed by atoms with E-state index in [1.54, 1.807) is 6.07 Å². The summed E-state index contributed by atoms with van der Waals surface area (Å²) in [6.07, 6.45) is 3.43. The molecule has 1 N–H and O–H groups in total. The van der Waals surface area contributed by atoms with Gasteiger partial charge >= 0.3 is 0 Å². The zero-order chi connectivity index (χ0) is 12.3. The fourth-order valence-corrected chi connectivity index (χ4v) is 3.06. The first-order chi connectivity index (χ1) is 8.20. The maximum Gasteiger partial charge on any atom is 0.124 e. The van der Waals surface area contributed by atoms with Crippen LogP contribution in [0.25, 0.3) is 0 Å². The fraction of sp³-hybridized carbons (Fsp3) is 0.571. The van der Waals surface area contributed by atoms with Crippen LogP contribution in [0.1, 0.15) is 37.7 Å². The second kappa shape index (κ2) is 5.83. The van der Waals surface area contributed by atoms with E-state index in [1.807, 2.05) is 6.07 Å². The van der Waals surface area contributed by atoms with Gasteiger partial charge in [0, 0.05) is 5.02 Å². The van der Waals surface area contributed by atoms with Crippen LogP contribution in [0, 0.1) is 11.7 Å². The molecule has 0 bridgehead atoms. The molecule has 2 atom stereocenters. The molecule has 1 aliphatic rings. The summed E-state index contributed by atoms with van der Waals surface area (Å²) in [7, 11) is 0. The summed E-state index contributed by atoms with van der Waals surface area (Å²) in [6.45, 7) is 4.25. The van der Waals surface area contributed by atoms with E-state index in [4.69, 9.17) is 11.6 Å². The van der Waals surface area contributed by atoms with Crippen LogP contribution in [-0.4, -0.2) is 13.1 Å². The molecule has 0 saturated carbocycles. The SMILES string of the molecule is CCCC1CNCCC1c1cc(F)cc(Cl)c1. The molecule has 2 unspecified atom stereocenters. The first-order valence-electron chi connectivity index (χ1n) is 6.37. The second-order valence-corrected chi connectivity index (χ2v) is 5.29. The Bertz CT molecular complexity index is 358. The summed E-state index contributed by atoms with van der Waals surface area (Å²) in [5, 5.41) is 3.93. The molecule has 2 rings (SSSR count). The molecule has 1 saturated heterocycles. The van der Waals surface area contributed by atoms with Crippen molar-refractivity contribution < 1.29 is 4.39 Å². The lowest BCUT2D eigenvalue weighted by Crippen LogP contribution is -2.35. The summed E-state index contributed by atoms with van der Waals surface area (Å²) in [5.41, 5.74) is 1.06. The first-order valence-corrected chi connectivity index (χ1v) is 6.75. The van der Waals surface area contributed by atoms with Crippen molar-refractivity contribution >= 4 is 11.6 Å². The zero-order valence-electron chi connectivity index (χ0n) is 10.2. The number of halogens is 2. The van der Waals surface area contributed by atoms with Crippen molar-refractivity contribution in [2.24, 2.45) is 5.92 Å². The van der Waals surface area contributed by atoms with Gasteiger partial charge in [0.15, 0.2) is 0 Å². The van der Waals surface area contributed by atoms with Gasteiger partial charge in [-0.05, 0) is 61.5 Å². The van der Waals surface area contributed by atoms with Crippen molar-refractivity contribution in [1.29, 1.82) is 0 Å². The molecular weight excluding hydrogens is 237 g/mol. The first kappa shape index (κ1) is 12.8. The van der Waals surface area contributed by atoms with E-state index < -0.39 is 0 Å². The molecule has 1 nitrogen and oxygen atoms in total. The number of piperidine rings is 1. The predicted octanol–water partition coefficient (Wildman–Crippen LogP) is 3.97. The molecule has 0 radical (unpaired) electrons. The third-order valence-corrected chi connectivity index (χ3v) is 3.80. The van der Waals surface area contributed by atoms with Gasteiger partial charge in [0.25, 0.3) is 0 Å². The maximum absolute atomic E-state index is 13.4. The molecule has 1 fully saturated rings. The van der Waals surface area contributed by atoms with Gasteiger partial charge < -0.3 is 5.32 Å². The molecule has 0 aromatic heterocycles. The topological polar surface area (TPSA) is 12.0 Å². The highest BCUT2D eigenvalue weighted by molar-refractivity contribution is 6.30. The Morgan fingerprint density at radius 1 is 1.41 bits per heavy atom. The predicted molar refractivity (Wildman–Crippen MR) is 70.0 cm³/mol. The van der Waals surface area contributed by atoms with Gasteiger partial charge in [-0.2, -0.15) is 0 Å². The van der Waals surface area contributed by atoms with Gasteiger partial charge in [-0.3, -0.25) is 0 Å². The standard InChI is InChI=1S/C14H19ClFN/c1-2-3-10-9-17-5-4-14(10)11-6-12(15)8-13(16)7-11/h6-8,10,14,17H,2-5,9H2,1H3. The molecule has 17 heavy (non-hydrogen) atoms. The Kier molecular flexibility index (Phi) is 4.41. The maximum atomic E-state index is 13.4. The third-order valence-electron chi connectivity index (χ3n) is 3.58. The minimum Gasteiger partial charge on any atom is -0.316 e. The lowest BCUT2D eigenvalue weighted by molar-refractivity contribution is 0.306. The van der Waals surface area contributed by atoms with Crippen LogP contribution in [0.15, 0.2) is 18.2 Å². The van der Waals surface area contributed by atoms with Crippen LogP contribution < -0.4 is 5.32 Å². The summed E-state index contributed by atoms with van der Waals surface area (Å²) < 4.78 is 13.4. The third kappa shape index (κ3) is 3.20. The van der Waals surface area contributed by atoms with E-state index in [1.165, 1.54) is 18.9 Å². The highest BCUT2D eigenvalue weighted by atomic mass is 35.5. The van der Waals surface area contributed by atoms with E-state index in [-0.39, 0.29) is 5.82 Å². The van der Waals surface area contributed by atoms with Crippen molar-refractivity contribution in [2.45, 2.75) is 32.1 Å². The van der Waals surface area contributed by atoms with Crippen molar-refractivity contribution in [2.75, 3.05) is 13.1 Å². The fourth-order valence-electron chi connectivity index (χ4n) is 2.83. The molecule has 0 aliphatic carbocycles. The second-order valence-electron chi connectivity index (χ2n) is 4.85. The Morgan fingerprint density at radius 3 is 2.94 bits per heavy atom. The summed E-state index contributed by atoms with van der Waals surface area (Å²) in [6, 6.07) is 4.94. The van der Waals surface area contributed by atoms with E-state index in [0.717, 1.165) is 25.1 Å². The molecule has 1 heterocycles. The highest BCUT2D eigenvalue weighted by Crippen LogP contribution is 2.34. The number of nitrogens with one attached hydrogen (secondary N) is 1. The Hall–Kier alpha value is -0.600. The van der Waals surface area contributed by atoms with E-state index in [2.05, 4.69) is 12.2 Å². The zero-order valence-corrected chi connectivity index (χ0v) is 10.9. The van der Waals surface area contributed by atoms with E-state index in [9.17, 15) is 4.39 Å². The molecule has 1 aromatic rings. The molecule has 0 spiro atoms. The Balaban J connectivity index is 2.22. The van der Waals surface area contributed by atoms with Crippen molar-refractivity contribution in [3.8, 4) is 0 Å².